The van der Waals surface area contributed by atoms with Gasteiger partial charge in [-0.3, -0.25) is 0 Å². The van der Waals surface area contributed by atoms with Crippen molar-refractivity contribution in [3.8, 4) is 0 Å². The summed E-state index contributed by atoms with van der Waals surface area (Å²) in [5.74, 6) is 0. The van der Waals surface area contributed by atoms with Gasteiger partial charge in [-0.25, -0.2) is 0 Å². The van der Waals surface area contributed by atoms with Crippen molar-refractivity contribution in [1.29, 1.82) is 0 Å². The number of rotatable bonds is 0. The van der Waals surface area contributed by atoms with Crippen LogP contribution in [0.25, 0.3) is 0 Å². The molecule has 0 aromatic carbocycles. The SMILES string of the molecule is CO.P.P.[CH3-].[Ru+]. The molecule has 2 unspecified atom stereocenters. The zero-order chi connectivity index (χ0) is 2.00. The molecule has 0 aliphatic carbocycles. The van der Waals surface area contributed by atoms with E-state index in [4.69, 9.17) is 5.11 Å². The first-order valence-electron chi connectivity index (χ1n) is 0.447. The zero-order valence-corrected chi connectivity index (χ0v) is 8.78. The summed E-state index contributed by atoms with van der Waals surface area (Å²) in [6.07, 6.45) is 0. The molecule has 0 spiro atoms. The Hall–Kier alpha value is 1.44. The van der Waals surface area contributed by atoms with Crippen LogP contribution in [0.1, 0.15) is 0 Å². The van der Waals surface area contributed by atoms with Crippen LogP contribution >= 0.6 is 19.8 Å². The molecular weight excluding hydrogens is 203 g/mol. The minimum absolute atomic E-state index is 0. The van der Waals surface area contributed by atoms with Gasteiger partial charge in [-0.15, -0.1) is 0 Å². The van der Waals surface area contributed by atoms with Crippen molar-refractivity contribution < 1.29 is 24.6 Å². The maximum absolute atomic E-state index is 7.00. The Bertz CT molecular complexity index is 11.5. The average molecular weight is 216 g/mol. The normalized spacial score (nSPS) is 1.00. The predicted octanol–water partition coefficient (Wildman–Crippen LogP) is 0.172. The summed E-state index contributed by atoms with van der Waals surface area (Å²) in [5, 5.41) is 7.00. The second kappa shape index (κ2) is 91.6. The smallest absolute Gasteiger partial charge is 0.400 e. The van der Waals surface area contributed by atoms with Crippen LogP contribution in [-0.2, 0) is 19.5 Å². The van der Waals surface area contributed by atoms with Gasteiger partial charge in [0.1, 0.15) is 0 Å². The quantitative estimate of drug-likeness (QED) is 0.348. The molecule has 0 aliphatic heterocycles. The Labute approximate surface area is 59.3 Å². The van der Waals surface area contributed by atoms with Gasteiger partial charge < -0.3 is 12.5 Å². The van der Waals surface area contributed by atoms with Crippen molar-refractivity contribution in [2.24, 2.45) is 0 Å². The summed E-state index contributed by atoms with van der Waals surface area (Å²) in [6, 6.07) is 0. The van der Waals surface area contributed by atoms with Crippen molar-refractivity contribution in [3.05, 3.63) is 7.43 Å². The zero-order valence-electron chi connectivity index (χ0n) is 4.21. The Balaban J connectivity index is -0.000000000833. The molecule has 45 valence electrons. The van der Waals surface area contributed by atoms with Crippen LogP contribution < -0.4 is 0 Å². The van der Waals surface area contributed by atoms with Crippen LogP contribution in [0.2, 0.25) is 0 Å². The van der Waals surface area contributed by atoms with E-state index >= 15 is 0 Å². The van der Waals surface area contributed by atoms with Gasteiger partial charge >= 0.3 is 19.5 Å². The van der Waals surface area contributed by atoms with Crippen LogP contribution in [0.4, 0.5) is 0 Å². The van der Waals surface area contributed by atoms with Gasteiger partial charge in [0.25, 0.3) is 0 Å². The first-order chi connectivity index (χ1) is 1.00. The van der Waals surface area contributed by atoms with E-state index in [9.17, 15) is 0 Å². The summed E-state index contributed by atoms with van der Waals surface area (Å²) in [7, 11) is 1.00. The Morgan fingerprint density at radius 1 is 1.00 bits per heavy atom. The van der Waals surface area contributed by atoms with Crippen molar-refractivity contribution >= 4 is 19.8 Å². The van der Waals surface area contributed by atoms with Crippen LogP contribution in [0.5, 0.6) is 0 Å². The molecule has 0 aromatic rings. The molecular formula is C2H13OP2Ru. The van der Waals surface area contributed by atoms with E-state index in [2.05, 4.69) is 0 Å². The van der Waals surface area contributed by atoms with Gasteiger partial charge in [0.05, 0.1) is 0 Å². The van der Waals surface area contributed by atoms with E-state index in [1.807, 2.05) is 0 Å². The summed E-state index contributed by atoms with van der Waals surface area (Å²) >= 11 is 0. The monoisotopic (exact) mass is 217 g/mol. The predicted molar refractivity (Wildman–Crippen MR) is 36.8 cm³/mol. The molecule has 4 heteroatoms. The minimum atomic E-state index is 0. The first kappa shape index (κ1) is 51.8. The van der Waals surface area contributed by atoms with Crippen LogP contribution in [0.3, 0.4) is 0 Å². The fourth-order valence-corrected chi connectivity index (χ4v) is 0. The molecule has 1 N–H and O–H groups in total. The van der Waals surface area contributed by atoms with Crippen molar-refractivity contribution in [1.82, 2.24) is 0 Å². The van der Waals surface area contributed by atoms with Gasteiger partial charge in [0.15, 0.2) is 0 Å². The standard InChI is InChI=1S/CH4O.CH3.2H3P.Ru/c1-2;;;;/h2H,1H3;3*1H3;/q;-1;;;+1. The fraction of sp³-hybridized carbons (Fsp3) is 0.500. The van der Waals surface area contributed by atoms with Crippen LogP contribution in [0, 0.1) is 7.43 Å². The largest absolute Gasteiger partial charge is 1.00 e. The molecule has 0 bridgehead atoms. The maximum Gasteiger partial charge on any atom is 1.00 e. The molecule has 0 fully saturated rings. The van der Waals surface area contributed by atoms with Gasteiger partial charge in [-0.05, 0) is 0 Å². The Morgan fingerprint density at radius 2 is 1.00 bits per heavy atom. The molecule has 0 heterocycles. The van der Waals surface area contributed by atoms with Gasteiger partial charge in [0.2, 0.25) is 0 Å². The van der Waals surface area contributed by atoms with Gasteiger partial charge in [0, 0.05) is 7.11 Å². The third kappa shape index (κ3) is 51.6. The summed E-state index contributed by atoms with van der Waals surface area (Å²) in [4.78, 5) is 0. The molecule has 6 heavy (non-hydrogen) atoms. The summed E-state index contributed by atoms with van der Waals surface area (Å²) < 4.78 is 0. The summed E-state index contributed by atoms with van der Waals surface area (Å²) in [5.41, 5.74) is 0. The van der Waals surface area contributed by atoms with Gasteiger partial charge in [-0.1, -0.05) is 0 Å². The summed E-state index contributed by atoms with van der Waals surface area (Å²) in [6.45, 7) is 0. The Kier molecular flexibility index (Phi) is 791. The second-order valence-corrected chi connectivity index (χ2v) is 0. The third-order valence-corrected chi connectivity index (χ3v) is 0. The molecule has 1 radical (unpaired) electrons. The average Bonchev–Trinajstić information content (AvgIpc) is 1.00. The van der Waals surface area contributed by atoms with E-state index in [1.54, 1.807) is 0 Å². The molecule has 0 saturated heterocycles. The molecule has 0 saturated carbocycles. The number of hydrogen-bond donors (Lipinski definition) is 1. The van der Waals surface area contributed by atoms with Crippen molar-refractivity contribution in [2.75, 3.05) is 7.11 Å². The van der Waals surface area contributed by atoms with Crippen molar-refractivity contribution in [2.45, 2.75) is 0 Å². The van der Waals surface area contributed by atoms with E-state index in [1.165, 1.54) is 0 Å². The first-order valence-corrected chi connectivity index (χ1v) is 0.447. The molecule has 0 rings (SSSR count). The fourth-order valence-electron chi connectivity index (χ4n) is 0. The molecule has 0 aliphatic rings. The number of aliphatic hydroxyl groups excluding tert-OH is 1. The maximum atomic E-state index is 7.00. The number of aliphatic hydroxyl groups is 1. The van der Waals surface area contributed by atoms with Gasteiger partial charge in [-0.2, -0.15) is 19.8 Å². The Morgan fingerprint density at radius 3 is 1.00 bits per heavy atom. The topological polar surface area (TPSA) is 20.2 Å². The molecule has 0 amide bonds. The van der Waals surface area contributed by atoms with Crippen molar-refractivity contribution in [3.63, 3.8) is 0 Å². The van der Waals surface area contributed by atoms with E-state index in [0.717, 1.165) is 7.11 Å². The van der Waals surface area contributed by atoms with E-state index in [-0.39, 0.29) is 46.7 Å². The van der Waals surface area contributed by atoms with E-state index < -0.39 is 0 Å². The minimum Gasteiger partial charge on any atom is -0.400 e. The second-order valence-electron chi connectivity index (χ2n) is 0. The number of hydrogen-bond acceptors (Lipinski definition) is 1. The molecule has 1 nitrogen and oxygen atoms in total. The van der Waals surface area contributed by atoms with E-state index in [0.29, 0.717) is 0 Å². The molecule has 0 aromatic heterocycles. The third-order valence-electron chi connectivity index (χ3n) is 0. The molecule has 2 atom stereocenters. The van der Waals surface area contributed by atoms with Crippen LogP contribution in [0.15, 0.2) is 0 Å². The van der Waals surface area contributed by atoms with Crippen LogP contribution in [-0.4, -0.2) is 12.2 Å².